The zero-order valence-electron chi connectivity index (χ0n) is 7.74. The number of Topliss-reactive ketones (excluding diaryl/α,β-unsaturated/α-hetero) is 1. The number of phenolic OH excluding ortho intramolecular Hbond substituents is 1. The first-order valence-electron chi connectivity index (χ1n) is 4.15. The summed E-state index contributed by atoms with van der Waals surface area (Å²) >= 11 is 0. The third-order valence-corrected chi connectivity index (χ3v) is 1.83. The third-order valence-electron chi connectivity index (χ3n) is 1.83. The van der Waals surface area contributed by atoms with Gasteiger partial charge in [-0.05, 0) is 18.2 Å². The number of anilines is 1. The van der Waals surface area contributed by atoms with Gasteiger partial charge in [0.15, 0.2) is 5.78 Å². The molecule has 13 heavy (non-hydrogen) atoms. The molecule has 0 fully saturated rings. The Kier molecular flexibility index (Phi) is 2.56. The Morgan fingerprint density at radius 2 is 2.08 bits per heavy atom. The second-order valence-corrected chi connectivity index (χ2v) is 3.29. The number of carbonyl (C=O) groups excluding carboxylic acids is 1. The van der Waals surface area contributed by atoms with E-state index >= 15 is 0 Å². The zero-order chi connectivity index (χ0) is 10.0. The van der Waals surface area contributed by atoms with Crippen LogP contribution in [0.4, 0.5) is 5.69 Å². The molecule has 0 atom stereocenters. The molecule has 0 unspecified atom stereocenters. The van der Waals surface area contributed by atoms with Crippen molar-refractivity contribution < 1.29 is 9.90 Å². The molecule has 0 saturated carbocycles. The van der Waals surface area contributed by atoms with Gasteiger partial charge in [0.2, 0.25) is 0 Å². The highest BCUT2D eigenvalue weighted by Crippen LogP contribution is 2.21. The van der Waals surface area contributed by atoms with E-state index in [2.05, 4.69) is 0 Å². The van der Waals surface area contributed by atoms with Crippen LogP contribution < -0.4 is 5.73 Å². The molecule has 0 spiro atoms. The number of hydrogen-bond donors (Lipinski definition) is 2. The smallest absolute Gasteiger partial charge is 0.167 e. The second kappa shape index (κ2) is 3.47. The molecular formula is C10H13NO2. The zero-order valence-corrected chi connectivity index (χ0v) is 7.74. The number of benzene rings is 1. The van der Waals surface area contributed by atoms with E-state index in [1.165, 1.54) is 18.2 Å². The van der Waals surface area contributed by atoms with Gasteiger partial charge in [-0.25, -0.2) is 0 Å². The van der Waals surface area contributed by atoms with E-state index in [0.29, 0.717) is 11.3 Å². The number of aromatic hydroxyl groups is 1. The van der Waals surface area contributed by atoms with Gasteiger partial charge < -0.3 is 10.8 Å². The highest BCUT2D eigenvalue weighted by Gasteiger charge is 2.13. The number of ketones is 1. The Morgan fingerprint density at radius 1 is 1.46 bits per heavy atom. The Bertz CT molecular complexity index is 332. The molecule has 0 aliphatic heterocycles. The number of phenols is 1. The van der Waals surface area contributed by atoms with Crippen LogP contribution in [0.1, 0.15) is 24.2 Å². The van der Waals surface area contributed by atoms with E-state index in [-0.39, 0.29) is 17.5 Å². The lowest BCUT2D eigenvalue weighted by Gasteiger charge is -2.07. The van der Waals surface area contributed by atoms with Crippen LogP contribution >= 0.6 is 0 Å². The van der Waals surface area contributed by atoms with Gasteiger partial charge in [-0.3, -0.25) is 4.79 Å². The molecule has 3 nitrogen and oxygen atoms in total. The van der Waals surface area contributed by atoms with Crippen molar-refractivity contribution >= 4 is 11.5 Å². The van der Waals surface area contributed by atoms with Crippen molar-refractivity contribution in [2.45, 2.75) is 13.8 Å². The fraction of sp³-hybridized carbons (Fsp3) is 0.300. The van der Waals surface area contributed by atoms with Gasteiger partial charge in [-0.15, -0.1) is 0 Å². The molecule has 0 heterocycles. The number of rotatable bonds is 2. The van der Waals surface area contributed by atoms with Gasteiger partial charge in [0, 0.05) is 17.2 Å². The van der Waals surface area contributed by atoms with Gasteiger partial charge in [0.25, 0.3) is 0 Å². The van der Waals surface area contributed by atoms with Crippen LogP contribution in [-0.2, 0) is 0 Å². The van der Waals surface area contributed by atoms with Crippen LogP contribution in [0.2, 0.25) is 0 Å². The summed E-state index contributed by atoms with van der Waals surface area (Å²) in [7, 11) is 0. The molecule has 0 aliphatic carbocycles. The minimum atomic E-state index is -0.107. The summed E-state index contributed by atoms with van der Waals surface area (Å²) < 4.78 is 0. The van der Waals surface area contributed by atoms with Crippen LogP contribution in [0.15, 0.2) is 18.2 Å². The number of nitrogen functional groups attached to an aromatic ring is 1. The normalized spacial score (nSPS) is 10.4. The van der Waals surface area contributed by atoms with Crippen LogP contribution in [0.5, 0.6) is 5.75 Å². The first-order chi connectivity index (χ1) is 6.02. The molecule has 0 aliphatic rings. The lowest BCUT2D eigenvalue weighted by atomic mass is 9.99. The summed E-state index contributed by atoms with van der Waals surface area (Å²) in [5, 5.41) is 9.16. The highest BCUT2D eigenvalue weighted by atomic mass is 16.3. The van der Waals surface area contributed by atoms with Gasteiger partial charge in [0.05, 0.1) is 0 Å². The summed E-state index contributed by atoms with van der Waals surface area (Å²) in [6, 6.07) is 4.40. The van der Waals surface area contributed by atoms with Gasteiger partial charge in [-0.1, -0.05) is 13.8 Å². The lowest BCUT2D eigenvalue weighted by molar-refractivity contribution is 0.0940. The average Bonchev–Trinajstić information content (AvgIpc) is 2.08. The SMILES string of the molecule is CC(C)C(=O)c1cc(O)ccc1N. The maximum atomic E-state index is 11.5. The van der Waals surface area contributed by atoms with Crippen molar-refractivity contribution in [2.24, 2.45) is 5.92 Å². The Hall–Kier alpha value is -1.51. The van der Waals surface area contributed by atoms with E-state index in [9.17, 15) is 4.79 Å². The molecule has 0 amide bonds. The standard InChI is InChI=1S/C10H13NO2/c1-6(2)10(13)8-5-7(12)3-4-9(8)11/h3-6,12H,11H2,1-2H3. The predicted molar refractivity (Wildman–Crippen MR) is 51.7 cm³/mol. The van der Waals surface area contributed by atoms with E-state index in [0.717, 1.165) is 0 Å². The van der Waals surface area contributed by atoms with Crippen molar-refractivity contribution in [3.8, 4) is 5.75 Å². The van der Waals surface area contributed by atoms with E-state index in [1.54, 1.807) is 13.8 Å². The second-order valence-electron chi connectivity index (χ2n) is 3.29. The minimum Gasteiger partial charge on any atom is -0.508 e. The minimum absolute atomic E-state index is 0.0478. The van der Waals surface area contributed by atoms with Crippen LogP contribution in [-0.4, -0.2) is 10.9 Å². The van der Waals surface area contributed by atoms with Crippen molar-refractivity contribution in [1.29, 1.82) is 0 Å². The molecule has 0 saturated heterocycles. The topological polar surface area (TPSA) is 63.3 Å². The molecule has 0 bridgehead atoms. The van der Waals surface area contributed by atoms with Gasteiger partial charge >= 0.3 is 0 Å². The summed E-state index contributed by atoms with van der Waals surface area (Å²) in [5.74, 6) is -0.0873. The first-order valence-corrected chi connectivity index (χ1v) is 4.15. The average molecular weight is 179 g/mol. The summed E-state index contributed by atoms with van der Waals surface area (Å²) in [6.07, 6.45) is 0. The molecule has 0 radical (unpaired) electrons. The molecule has 70 valence electrons. The Labute approximate surface area is 77.2 Å². The summed E-state index contributed by atoms with van der Waals surface area (Å²) in [6.45, 7) is 3.59. The van der Waals surface area contributed by atoms with E-state index < -0.39 is 0 Å². The molecule has 0 aromatic heterocycles. The van der Waals surface area contributed by atoms with Crippen molar-refractivity contribution in [1.82, 2.24) is 0 Å². The van der Waals surface area contributed by atoms with Crippen molar-refractivity contribution in [3.05, 3.63) is 23.8 Å². The molecular weight excluding hydrogens is 166 g/mol. The van der Waals surface area contributed by atoms with Gasteiger partial charge in [0.1, 0.15) is 5.75 Å². The monoisotopic (exact) mass is 179 g/mol. The highest BCUT2D eigenvalue weighted by molar-refractivity contribution is 6.02. The summed E-state index contributed by atoms with van der Waals surface area (Å²) in [4.78, 5) is 11.5. The first kappa shape index (κ1) is 9.58. The van der Waals surface area contributed by atoms with Crippen LogP contribution in [0, 0.1) is 5.92 Å². The van der Waals surface area contributed by atoms with Crippen molar-refractivity contribution in [3.63, 3.8) is 0 Å². The Balaban J connectivity index is 3.13. The van der Waals surface area contributed by atoms with Gasteiger partial charge in [-0.2, -0.15) is 0 Å². The molecule has 1 aromatic carbocycles. The number of hydrogen-bond acceptors (Lipinski definition) is 3. The molecule has 1 rings (SSSR count). The number of carbonyl (C=O) groups is 1. The number of nitrogens with two attached hydrogens (primary N) is 1. The fourth-order valence-electron chi connectivity index (χ4n) is 1.07. The Morgan fingerprint density at radius 3 is 2.62 bits per heavy atom. The van der Waals surface area contributed by atoms with E-state index in [4.69, 9.17) is 10.8 Å². The van der Waals surface area contributed by atoms with E-state index in [1.807, 2.05) is 0 Å². The third kappa shape index (κ3) is 1.99. The quantitative estimate of drug-likeness (QED) is 0.413. The summed E-state index contributed by atoms with van der Waals surface area (Å²) in [5.41, 5.74) is 6.41. The maximum absolute atomic E-state index is 11.5. The predicted octanol–water partition coefficient (Wildman–Crippen LogP) is 1.81. The maximum Gasteiger partial charge on any atom is 0.167 e. The largest absolute Gasteiger partial charge is 0.508 e. The molecule has 1 aromatic rings. The van der Waals surface area contributed by atoms with Crippen LogP contribution in [0.25, 0.3) is 0 Å². The van der Waals surface area contributed by atoms with Crippen LogP contribution in [0.3, 0.4) is 0 Å². The molecule has 3 N–H and O–H groups in total. The van der Waals surface area contributed by atoms with Crippen molar-refractivity contribution in [2.75, 3.05) is 5.73 Å². The molecule has 3 heteroatoms. The fourth-order valence-corrected chi connectivity index (χ4v) is 1.07. The lowest BCUT2D eigenvalue weighted by Crippen LogP contribution is -2.09.